The molecule has 0 saturated heterocycles. The zero-order valence-corrected chi connectivity index (χ0v) is 42.8. The number of rotatable bonds is 45. The Balaban J connectivity index is 4.26. The van der Waals surface area contributed by atoms with E-state index in [2.05, 4.69) is 135 Å². The predicted octanol–water partition coefficient (Wildman–Crippen LogP) is 15.7. The summed E-state index contributed by atoms with van der Waals surface area (Å²) < 4.78 is 35.1. The third-order valence-corrected chi connectivity index (χ3v) is 11.0. The summed E-state index contributed by atoms with van der Waals surface area (Å²) in [5.74, 6) is -0.341. The fourth-order valence-corrected chi connectivity index (χ4v) is 6.93. The van der Waals surface area contributed by atoms with Gasteiger partial charge in [0.05, 0.1) is 34.4 Å². The molecule has 0 aromatic heterocycles. The number of esters is 1. The molecule has 65 heavy (non-hydrogen) atoms. The van der Waals surface area contributed by atoms with Crippen molar-refractivity contribution in [1.82, 2.24) is 0 Å². The first kappa shape index (κ1) is 61.9. The number of allylic oxidation sites excluding steroid dienone is 20. The van der Waals surface area contributed by atoms with Gasteiger partial charge in [-0.05, 0) is 103 Å². The van der Waals surface area contributed by atoms with E-state index in [1.54, 1.807) is 0 Å². The van der Waals surface area contributed by atoms with Gasteiger partial charge in [0.25, 0.3) is 0 Å². The molecular formula is C56H95NO7P+. The molecule has 370 valence electrons. The summed E-state index contributed by atoms with van der Waals surface area (Å²) in [6.45, 7) is 5.30. The van der Waals surface area contributed by atoms with E-state index < -0.39 is 13.9 Å². The van der Waals surface area contributed by atoms with Crippen molar-refractivity contribution in [3.05, 3.63) is 122 Å². The van der Waals surface area contributed by atoms with Crippen LogP contribution < -0.4 is 0 Å². The summed E-state index contributed by atoms with van der Waals surface area (Å²) in [5, 5.41) is 0. The molecule has 2 unspecified atom stereocenters. The Morgan fingerprint density at radius 2 is 0.846 bits per heavy atom. The van der Waals surface area contributed by atoms with Gasteiger partial charge in [-0.3, -0.25) is 13.8 Å². The molecule has 0 amide bonds. The Morgan fingerprint density at radius 1 is 0.477 bits per heavy atom. The zero-order valence-electron chi connectivity index (χ0n) is 41.9. The third kappa shape index (κ3) is 51.7. The number of phosphoric ester groups is 1. The van der Waals surface area contributed by atoms with Gasteiger partial charge >= 0.3 is 13.8 Å². The quantitative estimate of drug-likeness (QED) is 0.0214. The summed E-state index contributed by atoms with van der Waals surface area (Å²) in [6.07, 6.45) is 68.1. The van der Waals surface area contributed by atoms with E-state index in [4.69, 9.17) is 18.5 Å². The van der Waals surface area contributed by atoms with Gasteiger partial charge in [-0.25, -0.2) is 4.57 Å². The average Bonchev–Trinajstić information content (AvgIpc) is 3.27. The number of quaternary nitrogens is 1. The first-order valence-corrected chi connectivity index (χ1v) is 26.8. The van der Waals surface area contributed by atoms with Crippen LogP contribution in [0.1, 0.15) is 168 Å². The van der Waals surface area contributed by atoms with Crippen molar-refractivity contribution in [2.24, 2.45) is 0 Å². The van der Waals surface area contributed by atoms with E-state index in [9.17, 15) is 14.3 Å². The number of nitrogens with zero attached hydrogens (tertiary/aromatic N) is 1. The lowest BCUT2D eigenvalue weighted by Gasteiger charge is -2.24. The molecule has 0 heterocycles. The summed E-state index contributed by atoms with van der Waals surface area (Å²) in [4.78, 5) is 23.0. The molecule has 0 rings (SSSR count). The molecule has 0 saturated carbocycles. The minimum absolute atomic E-state index is 0.0736. The maximum atomic E-state index is 12.8. The summed E-state index contributed by atoms with van der Waals surface area (Å²) in [5.41, 5.74) is 0. The van der Waals surface area contributed by atoms with Gasteiger partial charge < -0.3 is 18.9 Å². The lowest BCUT2D eigenvalue weighted by atomic mass is 10.1. The molecule has 0 bridgehead atoms. The molecule has 0 fully saturated rings. The van der Waals surface area contributed by atoms with Gasteiger partial charge in [-0.15, -0.1) is 0 Å². The standard InChI is InChI=1S/C56H94NO7P/c1-6-8-10-12-14-16-18-20-22-24-26-27-28-29-30-31-32-33-35-37-39-41-43-45-47-49-56(58)64-55(54-63-65(59,60)62-52-50-57(3,4)5)53-61-51-48-46-44-42-40-38-36-34-25-23-21-19-17-15-13-11-9-7-2/h8-11,14-17,20-23,26-27,29-30,32-34,36,55H,6-7,12-13,18-19,24-25,28,31,35,37-54H2,1-5H3/p+1/b10-8-,11-9-,16-14-,17-15-,22-20-,23-21-,27-26-,30-29-,33-32-,36-34-. The first-order chi connectivity index (χ1) is 31.6. The first-order valence-electron chi connectivity index (χ1n) is 25.3. The van der Waals surface area contributed by atoms with Crippen molar-refractivity contribution in [3.8, 4) is 0 Å². The van der Waals surface area contributed by atoms with Gasteiger partial charge in [0.2, 0.25) is 0 Å². The highest BCUT2D eigenvalue weighted by atomic mass is 31.2. The van der Waals surface area contributed by atoms with Gasteiger partial charge in [-0.2, -0.15) is 0 Å². The number of carbonyl (C=O) groups is 1. The van der Waals surface area contributed by atoms with Gasteiger partial charge in [-0.1, -0.05) is 180 Å². The van der Waals surface area contributed by atoms with E-state index in [1.165, 1.54) is 25.7 Å². The number of phosphoric acid groups is 1. The summed E-state index contributed by atoms with van der Waals surface area (Å²) >= 11 is 0. The number of unbranched alkanes of at least 4 members (excludes halogenated alkanes) is 11. The normalized spacial score (nSPS) is 14.6. The molecule has 9 heteroatoms. The van der Waals surface area contributed by atoms with Crippen LogP contribution in [0.15, 0.2) is 122 Å². The van der Waals surface area contributed by atoms with E-state index >= 15 is 0 Å². The molecule has 0 aliphatic rings. The average molecular weight is 925 g/mol. The smallest absolute Gasteiger partial charge is 0.457 e. The predicted molar refractivity (Wildman–Crippen MR) is 279 cm³/mol. The van der Waals surface area contributed by atoms with Gasteiger partial charge in [0, 0.05) is 13.0 Å². The number of ether oxygens (including phenoxy) is 2. The Morgan fingerprint density at radius 3 is 1.26 bits per heavy atom. The van der Waals surface area contributed by atoms with Crippen molar-refractivity contribution < 1.29 is 37.3 Å². The van der Waals surface area contributed by atoms with Crippen LogP contribution in [0.2, 0.25) is 0 Å². The molecule has 0 spiro atoms. The Hall–Kier alpha value is -3.10. The van der Waals surface area contributed by atoms with E-state index in [1.807, 2.05) is 21.1 Å². The van der Waals surface area contributed by atoms with Crippen LogP contribution in [0.4, 0.5) is 0 Å². The highest BCUT2D eigenvalue weighted by Crippen LogP contribution is 2.43. The number of carbonyl (C=O) groups excluding carboxylic acids is 1. The van der Waals surface area contributed by atoms with Crippen LogP contribution in [0.3, 0.4) is 0 Å². The Bertz CT molecular complexity index is 1450. The monoisotopic (exact) mass is 925 g/mol. The molecule has 1 N–H and O–H groups in total. The van der Waals surface area contributed by atoms with E-state index in [-0.39, 0.29) is 25.8 Å². The molecule has 0 aromatic carbocycles. The topological polar surface area (TPSA) is 91.3 Å². The van der Waals surface area contributed by atoms with Crippen LogP contribution >= 0.6 is 7.82 Å². The third-order valence-electron chi connectivity index (χ3n) is 10.0. The van der Waals surface area contributed by atoms with Crippen LogP contribution in [-0.4, -0.2) is 75.6 Å². The SMILES string of the molecule is CC/C=C\C/C=C\C/C=C\C/C=C\C/C=C\C/C=C\CCCCCCCCC(=O)OC(COCCCCCCC/C=C\C/C=C\C/C=C\C/C=C\CC)COP(=O)(O)OCC[N+](C)(C)C. The van der Waals surface area contributed by atoms with Crippen LogP contribution in [0, 0.1) is 0 Å². The fourth-order valence-electron chi connectivity index (χ4n) is 6.19. The Labute approximate surface area is 399 Å². The number of hydrogen-bond donors (Lipinski definition) is 1. The molecule has 2 atom stereocenters. The second-order valence-corrected chi connectivity index (χ2v) is 18.9. The van der Waals surface area contributed by atoms with E-state index in [0.29, 0.717) is 24.1 Å². The fraction of sp³-hybridized carbons (Fsp3) is 0.625. The van der Waals surface area contributed by atoms with Crippen LogP contribution in [0.5, 0.6) is 0 Å². The minimum Gasteiger partial charge on any atom is -0.457 e. The lowest BCUT2D eigenvalue weighted by molar-refractivity contribution is -0.870. The van der Waals surface area contributed by atoms with Crippen molar-refractivity contribution in [2.45, 2.75) is 174 Å². The van der Waals surface area contributed by atoms with Crippen LogP contribution in [-0.2, 0) is 27.9 Å². The van der Waals surface area contributed by atoms with Crippen molar-refractivity contribution in [1.29, 1.82) is 0 Å². The summed E-state index contributed by atoms with van der Waals surface area (Å²) in [6, 6.07) is 0. The van der Waals surface area contributed by atoms with Crippen molar-refractivity contribution >= 4 is 13.8 Å². The van der Waals surface area contributed by atoms with Gasteiger partial charge in [0.1, 0.15) is 19.3 Å². The largest absolute Gasteiger partial charge is 0.472 e. The highest BCUT2D eigenvalue weighted by molar-refractivity contribution is 7.47. The molecule has 0 aliphatic carbocycles. The molecule has 0 aliphatic heterocycles. The second kappa shape index (κ2) is 47.4. The lowest BCUT2D eigenvalue weighted by Crippen LogP contribution is -2.37. The zero-order chi connectivity index (χ0) is 47.6. The second-order valence-electron chi connectivity index (χ2n) is 17.4. The van der Waals surface area contributed by atoms with Crippen LogP contribution in [0.25, 0.3) is 0 Å². The molecular weight excluding hydrogens is 830 g/mol. The Kier molecular flexibility index (Phi) is 45.1. The molecule has 8 nitrogen and oxygen atoms in total. The number of hydrogen-bond acceptors (Lipinski definition) is 6. The van der Waals surface area contributed by atoms with Crippen molar-refractivity contribution in [3.63, 3.8) is 0 Å². The van der Waals surface area contributed by atoms with Gasteiger partial charge in [0.15, 0.2) is 0 Å². The highest BCUT2D eigenvalue weighted by Gasteiger charge is 2.26. The summed E-state index contributed by atoms with van der Waals surface area (Å²) in [7, 11) is 1.62. The minimum atomic E-state index is -4.30. The maximum Gasteiger partial charge on any atom is 0.472 e. The molecule has 0 radical (unpaired) electrons. The number of likely N-dealkylation sites (N-methyl/N-ethyl adjacent to an activating group) is 1. The van der Waals surface area contributed by atoms with E-state index in [0.717, 1.165) is 122 Å². The molecule has 0 aromatic rings. The maximum absolute atomic E-state index is 12.8. The van der Waals surface area contributed by atoms with Crippen molar-refractivity contribution in [2.75, 3.05) is 54.1 Å².